The van der Waals surface area contributed by atoms with Crippen molar-refractivity contribution in [3.63, 3.8) is 0 Å². The fourth-order valence-corrected chi connectivity index (χ4v) is 3.36. The number of para-hydroxylation sites is 1. The molecule has 0 aliphatic heterocycles. The van der Waals surface area contributed by atoms with E-state index in [1.54, 1.807) is 28.4 Å². The zero-order chi connectivity index (χ0) is 20.8. The Morgan fingerprint density at radius 1 is 1.07 bits per heavy atom. The summed E-state index contributed by atoms with van der Waals surface area (Å²) in [5, 5.41) is 7.89. The third kappa shape index (κ3) is 4.39. The summed E-state index contributed by atoms with van der Waals surface area (Å²) in [5.41, 5.74) is 4.51. The number of rotatable bonds is 7. The van der Waals surface area contributed by atoms with Crippen LogP contribution < -0.4 is 24.8 Å². The highest BCUT2D eigenvalue weighted by atomic mass is 16.5. The van der Waals surface area contributed by atoms with E-state index in [1.807, 2.05) is 12.1 Å². The molecule has 0 spiro atoms. The van der Waals surface area contributed by atoms with Gasteiger partial charge < -0.3 is 29.8 Å². The number of ether oxygens (including phenoxy) is 3. The van der Waals surface area contributed by atoms with Gasteiger partial charge in [-0.25, -0.2) is 0 Å². The van der Waals surface area contributed by atoms with Gasteiger partial charge >= 0.3 is 0 Å². The van der Waals surface area contributed by atoms with Crippen LogP contribution in [0.15, 0.2) is 41.5 Å². The number of nitrogens with zero attached hydrogens (tertiary/aromatic N) is 1. The summed E-state index contributed by atoms with van der Waals surface area (Å²) in [4.78, 5) is 7.68. The second-order valence-electron chi connectivity index (χ2n) is 6.60. The Labute approximate surface area is 171 Å². The maximum absolute atomic E-state index is 5.41. The van der Waals surface area contributed by atoms with Crippen molar-refractivity contribution < 1.29 is 14.2 Å². The molecule has 3 aromatic rings. The molecular formula is C22H28N4O3. The minimum atomic E-state index is 0.554. The van der Waals surface area contributed by atoms with Gasteiger partial charge in [0.1, 0.15) is 0 Å². The van der Waals surface area contributed by atoms with Gasteiger partial charge in [0.25, 0.3) is 0 Å². The van der Waals surface area contributed by atoms with Gasteiger partial charge in [-0.3, -0.25) is 4.99 Å². The Morgan fingerprint density at radius 2 is 1.79 bits per heavy atom. The molecule has 2 aromatic carbocycles. The average Bonchev–Trinajstić information content (AvgIpc) is 3.16. The number of benzene rings is 2. The number of aromatic nitrogens is 1. The van der Waals surface area contributed by atoms with Gasteiger partial charge in [-0.2, -0.15) is 0 Å². The standard InChI is InChI=1S/C22H28N4O3/c1-14-7-6-8-17-15(13-25-20(14)17)9-10-24-22(23-2)26-16-11-18(27-3)21(29-5)19(12-16)28-4/h6-8,11-13,25H,9-10H2,1-5H3,(H2,23,24,26). The lowest BCUT2D eigenvalue weighted by molar-refractivity contribution is 0.324. The smallest absolute Gasteiger partial charge is 0.203 e. The predicted octanol–water partition coefficient (Wildman–Crippen LogP) is 3.73. The fraction of sp³-hybridized carbons (Fsp3) is 0.318. The fourth-order valence-electron chi connectivity index (χ4n) is 3.36. The first kappa shape index (κ1) is 20.4. The molecule has 0 atom stereocenters. The van der Waals surface area contributed by atoms with Gasteiger partial charge in [0, 0.05) is 48.5 Å². The first-order valence-corrected chi connectivity index (χ1v) is 9.44. The highest BCUT2D eigenvalue weighted by molar-refractivity contribution is 5.94. The zero-order valence-electron chi connectivity index (χ0n) is 17.6. The number of aliphatic imine (C=N–C) groups is 1. The van der Waals surface area contributed by atoms with Crippen molar-refractivity contribution in [2.45, 2.75) is 13.3 Å². The molecule has 3 rings (SSSR count). The number of aryl methyl sites for hydroxylation is 1. The van der Waals surface area contributed by atoms with E-state index in [0.29, 0.717) is 23.2 Å². The Hall–Kier alpha value is -3.35. The molecule has 0 aliphatic rings. The van der Waals surface area contributed by atoms with E-state index >= 15 is 0 Å². The molecule has 1 heterocycles. The van der Waals surface area contributed by atoms with E-state index in [9.17, 15) is 0 Å². The highest BCUT2D eigenvalue weighted by Gasteiger charge is 2.14. The summed E-state index contributed by atoms with van der Waals surface area (Å²) in [6, 6.07) is 10.0. The molecule has 0 bridgehead atoms. The molecule has 0 radical (unpaired) electrons. The summed E-state index contributed by atoms with van der Waals surface area (Å²) in [6.45, 7) is 2.86. The quantitative estimate of drug-likeness (QED) is 0.419. The summed E-state index contributed by atoms with van der Waals surface area (Å²) in [6.07, 6.45) is 2.95. The molecule has 7 nitrogen and oxygen atoms in total. The first-order chi connectivity index (χ1) is 14.1. The van der Waals surface area contributed by atoms with Crippen molar-refractivity contribution in [3.05, 3.63) is 47.7 Å². The van der Waals surface area contributed by atoms with E-state index in [2.05, 4.69) is 51.9 Å². The summed E-state index contributed by atoms with van der Waals surface area (Å²) < 4.78 is 16.2. The number of anilines is 1. The van der Waals surface area contributed by atoms with Crippen LogP contribution in [-0.2, 0) is 6.42 Å². The number of nitrogens with one attached hydrogen (secondary N) is 3. The van der Waals surface area contributed by atoms with Gasteiger partial charge in [-0.15, -0.1) is 0 Å². The van der Waals surface area contributed by atoms with Crippen molar-refractivity contribution >= 4 is 22.5 Å². The van der Waals surface area contributed by atoms with Gasteiger partial charge in [-0.1, -0.05) is 18.2 Å². The van der Waals surface area contributed by atoms with E-state index in [1.165, 1.54) is 22.0 Å². The Morgan fingerprint density at radius 3 is 2.41 bits per heavy atom. The molecule has 0 amide bonds. The van der Waals surface area contributed by atoms with Crippen molar-refractivity contribution in [1.82, 2.24) is 10.3 Å². The lowest BCUT2D eigenvalue weighted by atomic mass is 10.1. The van der Waals surface area contributed by atoms with E-state index in [0.717, 1.165) is 18.7 Å². The average molecular weight is 396 g/mol. The van der Waals surface area contributed by atoms with Crippen LogP contribution in [-0.4, -0.2) is 45.9 Å². The number of guanidine groups is 1. The molecule has 0 saturated heterocycles. The molecule has 1 aromatic heterocycles. The van der Waals surface area contributed by atoms with Crippen molar-refractivity contribution in [2.24, 2.45) is 4.99 Å². The van der Waals surface area contributed by atoms with Crippen molar-refractivity contribution in [2.75, 3.05) is 40.2 Å². The molecule has 0 aliphatic carbocycles. The van der Waals surface area contributed by atoms with Crippen LogP contribution in [0.2, 0.25) is 0 Å². The third-order valence-electron chi connectivity index (χ3n) is 4.85. The second kappa shape index (κ2) is 9.23. The Balaban J connectivity index is 1.67. The minimum absolute atomic E-state index is 0.554. The van der Waals surface area contributed by atoms with E-state index in [4.69, 9.17) is 14.2 Å². The van der Waals surface area contributed by atoms with Gasteiger partial charge in [0.15, 0.2) is 17.5 Å². The van der Waals surface area contributed by atoms with E-state index < -0.39 is 0 Å². The van der Waals surface area contributed by atoms with Crippen LogP contribution >= 0.6 is 0 Å². The molecule has 29 heavy (non-hydrogen) atoms. The normalized spacial score (nSPS) is 11.4. The monoisotopic (exact) mass is 396 g/mol. The lowest BCUT2D eigenvalue weighted by Gasteiger charge is -2.16. The predicted molar refractivity (Wildman–Crippen MR) is 118 cm³/mol. The maximum Gasteiger partial charge on any atom is 0.203 e. The Kier molecular flexibility index (Phi) is 6.49. The number of aromatic amines is 1. The molecule has 154 valence electrons. The number of hydrogen-bond donors (Lipinski definition) is 3. The summed E-state index contributed by atoms with van der Waals surface area (Å²) >= 11 is 0. The topological polar surface area (TPSA) is 79.9 Å². The zero-order valence-corrected chi connectivity index (χ0v) is 17.6. The van der Waals surface area contributed by atoms with Gasteiger partial charge in [-0.05, 0) is 24.5 Å². The van der Waals surface area contributed by atoms with Crippen LogP contribution in [0, 0.1) is 6.92 Å². The molecule has 3 N–H and O–H groups in total. The van der Waals surface area contributed by atoms with Crippen molar-refractivity contribution in [1.29, 1.82) is 0 Å². The van der Waals surface area contributed by atoms with Crippen LogP contribution in [0.5, 0.6) is 17.2 Å². The van der Waals surface area contributed by atoms with Crippen LogP contribution in [0.1, 0.15) is 11.1 Å². The molecule has 0 unspecified atom stereocenters. The first-order valence-electron chi connectivity index (χ1n) is 9.44. The van der Waals surface area contributed by atoms with Crippen LogP contribution in [0.4, 0.5) is 5.69 Å². The molecule has 7 heteroatoms. The summed E-state index contributed by atoms with van der Waals surface area (Å²) in [7, 11) is 6.51. The number of fused-ring (bicyclic) bond motifs is 1. The molecular weight excluding hydrogens is 368 g/mol. The SMILES string of the molecule is CN=C(NCCc1c[nH]c2c(C)cccc12)Nc1cc(OC)c(OC)c(OC)c1. The third-order valence-corrected chi connectivity index (χ3v) is 4.85. The number of H-pyrrole nitrogens is 1. The molecule has 0 saturated carbocycles. The Bertz CT molecular complexity index is 985. The maximum atomic E-state index is 5.41. The van der Waals surface area contributed by atoms with Crippen LogP contribution in [0.25, 0.3) is 10.9 Å². The van der Waals surface area contributed by atoms with Crippen LogP contribution in [0.3, 0.4) is 0 Å². The second-order valence-corrected chi connectivity index (χ2v) is 6.60. The lowest BCUT2D eigenvalue weighted by Crippen LogP contribution is -2.32. The van der Waals surface area contributed by atoms with Gasteiger partial charge in [0.2, 0.25) is 5.75 Å². The van der Waals surface area contributed by atoms with E-state index in [-0.39, 0.29) is 0 Å². The largest absolute Gasteiger partial charge is 0.493 e. The number of methoxy groups -OCH3 is 3. The molecule has 0 fully saturated rings. The minimum Gasteiger partial charge on any atom is -0.493 e. The van der Waals surface area contributed by atoms with Crippen molar-refractivity contribution in [3.8, 4) is 17.2 Å². The number of hydrogen-bond acceptors (Lipinski definition) is 4. The highest BCUT2D eigenvalue weighted by Crippen LogP contribution is 2.39. The van der Waals surface area contributed by atoms with Gasteiger partial charge in [0.05, 0.1) is 21.3 Å². The summed E-state index contributed by atoms with van der Waals surface area (Å²) in [5.74, 6) is 2.38.